The fourth-order valence-electron chi connectivity index (χ4n) is 2.70. The van der Waals surface area contributed by atoms with Gasteiger partial charge in [-0.3, -0.25) is 0 Å². The van der Waals surface area contributed by atoms with Crippen molar-refractivity contribution >= 4 is 34.0 Å². The van der Waals surface area contributed by atoms with Gasteiger partial charge >= 0.3 is 21.6 Å². The van der Waals surface area contributed by atoms with E-state index in [1.165, 1.54) is 18.2 Å². The van der Waals surface area contributed by atoms with E-state index in [2.05, 4.69) is 4.18 Å². The summed E-state index contributed by atoms with van der Waals surface area (Å²) in [6.45, 7) is 0. The Balaban J connectivity index is 1.91. The van der Waals surface area contributed by atoms with Crippen molar-refractivity contribution in [1.29, 1.82) is 0 Å². The van der Waals surface area contributed by atoms with E-state index in [9.17, 15) is 26.4 Å². The van der Waals surface area contributed by atoms with Crippen molar-refractivity contribution in [2.75, 3.05) is 0 Å². The number of halogens is 3. The van der Waals surface area contributed by atoms with E-state index in [0.717, 1.165) is 0 Å². The zero-order valence-electron chi connectivity index (χ0n) is 14.1. The monoisotopic (exact) mass is 410 g/mol. The van der Waals surface area contributed by atoms with Gasteiger partial charge in [-0.15, -0.1) is 0 Å². The van der Waals surface area contributed by atoms with Crippen molar-refractivity contribution in [3.8, 4) is 0 Å². The molecule has 5 nitrogen and oxygen atoms in total. The number of benzene rings is 2. The second-order valence-electron chi connectivity index (χ2n) is 5.90. The SMILES string of the molecule is O=C(O)c1ccc(/C=C/c2cccc3c2C(OS(=O)(=O)C(F)(F)F)=CC3)cc1. The Bertz CT molecular complexity index is 1080. The van der Waals surface area contributed by atoms with Gasteiger partial charge in [0.25, 0.3) is 0 Å². The number of rotatable bonds is 5. The number of carboxylic acid groups (broad SMARTS) is 1. The number of carboxylic acids is 1. The minimum Gasteiger partial charge on any atom is -0.478 e. The molecule has 0 atom stereocenters. The van der Waals surface area contributed by atoms with E-state index < -0.39 is 21.6 Å². The van der Waals surface area contributed by atoms with Crippen LogP contribution in [0.5, 0.6) is 0 Å². The molecule has 9 heteroatoms. The van der Waals surface area contributed by atoms with Crippen LogP contribution >= 0.6 is 0 Å². The zero-order valence-corrected chi connectivity index (χ0v) is 14.9. The van der Waals surface area contributed by atoms with E-state index in [-0.39, 0.29) is 23.3 Å². The highest BCUT2D eigenvalue weighted by atomic mass is 32.2. The van der Waals surface area contributed by atoms with E-state index in [1.54, 1.807) is 42.5 Å². The molecule has 0 bridgehead atoms. The lowest BCUT2D eigenvalue weighted by molar-refractivity contribution is -0.0509. The molecule has 0 heterocycles. The summed E-state index contributed by atoms with van der Waals surface area (Å²) >= 11 is 0. The first kappa shape index (κ1) is 19.7. The van der Waals surface area contributed by atoms with Crippen molar-refractivity contribution in [3.05, 3.63) is 76.4 Å². The second-order valence-corrected chi connectivity index (χ2v) is 7.44. The van der Waals surface area contributed by atoms with Crippen molar-refractivity contribution in [2.24, 2.45) is 0 Å². The Labute approximate surface area is 158 Å². The number of alkyl halides is 3. The van der Waals surface area contributed by atoms with Gasteiger partial charge in [0, 0.05) is 5.56 Å². The van der Waals surface area contributed by atoms with Crippen molar-refractivity contribution in [1.82, 2.24) is 0 Å². The third-order valence-electron chi connectivity index (χ3n) is 4.03. The topological polar surface area (TPSA) is 80.7 Å². The standard InChI is InChI=1S/C19H13F3O5S/c20-19(21,22)28(25,26)27-16-11-10-14-3-1-2-13(17(14)16)7-4-12-5-8-15(9-6-12)18(23)24/h1-9,11H,10H2,(H,23,24)/b7-4+. The van der Waals surface area contributed by atoms with E-state index >= 15 is 0 Å². The summed E-state index contributed by atoms with van der Waals surface area (Å²) in [5.74, 6) is -1.43. The van der Waals surface area contributed by atoms with Gasteiger partial charge in [0.05, 0.1) is 5.56 Å². The molecule has 28 heavy (non-hydrogen) atoms. The average molecular weight is 410 g/mol. The maximum Gasteiger partial charge on any atom is 0.534 e. The molecule has 2 aromatic rings. The minimum atomic E-state index is -5.77. The van der Waals surface area contributed by atoms with E-state index in [1.807, 2.05) is 0 Å². The van der Waals surface area contributed by atoms with Gasteiger partial charge in [0.2, 0.25) is 0 Å². The lowest BCUT2D eigenvalue weighted by atomic mass is 10.0. The molecule has 0 saturated heterocycles. The van der Waals surface area contributed by atoms with Crippen LogP contribution in [0.4, 0.5) is 13.2 Å². The molecule has 1 N–H and O–H groups in total. The molecular weight excluding hydrogens is 397 g/mol. The molecule has 3 rings (SSSR count). The number of hydrogen-bond donors (Lipinski definition) is 1. The molecule has 146 valence electrons. The van der Waals surface area contributed by atoms with Crippen LogP contribution in [-0.2, 0) is 20.7 Å². The zero-order chi connectivity index (χ0) is 20.5. The smallest absolute Gasteiger partial charge is 0.478 e. The molecule has 1 aliphatic carbocycles. The highest BCUT2D eigenvalue weighted by Gasteiger charge is 2.49. The molecule has 1 aliphatic rings. The van der Waals surface area contributed by atoms with Crippen LogP contribution in [0.15, 0.2) is 48.5 Å². The first-order valence-electron chi connectivity index (χ1n) is 7.93. The van der Waals surface area contributed by atoms with Crippen LogP contribution in [0.1, 0.15) is 32.6 Å². The normalized spacial score (nSPS) is 14.0. The lowest BCUT2D eigenvalue weighted by Crippen LogP contribution is -2.25. The van der Waals surface area contributed by atoms with Gasteiger partial charge in [-0.05, 0) is 41.3 Å². The average Bonchev–Trinajstić information content (AvgIpc) is 3.02. The Morgan fingerprint density at radius 1 is 1.07 bits per heavy atom. The summed E-state index contributed by atoms with van der Waals surface area (Å²) in [7, 11) is -5.77. The number of carbonyl (C=O) groups is 1. The predicted octanol–water partition coefficient (Wildman–Crippen LogP) is 4.32. The predicted molar refractivity (Wildman–Crippen MR) is 96.5 cm³/mol. The highest BCUT2D eigenvalue weighted by molar-refractivity contribution is 7.87. The quantitative estimate of drug-likeness (QED) is 0.451. The Kier molecular flexibility index (Phi) is 5.03. The van der Waals surface area contributed by atoms with Crippen LogP contribution in [0, 0.1) is 0 Å². The van der Waals surface area contributed by atoms with Crippen molar-refractivity contribution < 1.29 is 35.7 Å². The van der Waals surface area contributed by atoms with Crippen molar-refractivity contribution in [2.45, 2.75) is 11.9 Å². The molecule has 0 spiro atoms. The summed E-state index contributed by atoms with van der Waals surface area (Å²) in [5, 5.41) is 8.90. The van der Waals surface area contributed by atoms with E-state index in [4.69, 9.17) is 5.11 Å². The summed E-state index contributed by atoms with van der Waals surface area (Å²) in [5.41, 5.74) is -3.36. The molecule has 0 fully saturated rings. The largest absolute Gasteiger partial charge is 0.534 e. The molecule has 0 saturated carbocycles. The third kappa shape index (κ3) is 3.94. The van der Waals surface area contributed by atoms with Crippen LogP contribution in [0.25, 0.3) is 17.9 Å². The van der Waals surface area contributed by atoms with Gasteiger partial charge in [0.15, 0.2) is 0 Å². The van der Waals surface area contributed by atoms with Gasteiger partial charge in [0.1, 0.15) is 5.76 Å². The molecule has 0 aromatic heterocycles. The first-order valence-corrected chi connectivity index (χ1v) is 9.34. The van der Waals surface area contributed by atoms with Gasteiger partial charge in [-0.25, -0.2) is 4.79 Å². The molecule has 0 unspecified atom stereocenters. The maximum absolute atomic E-state index is 12.6. The number of hydrogen-bond acceptors (Lipinski definition) is 4. The van der Waals surface area contributed by atoms with Crippen LogP contribution in [0.2, 0.25) is 0 Å². The van der Waals surface area contributed by atoms with Crippen LogP contribution < -0.4 is 0 Å². The number of allylic oxidation sites excluding steroid dienone is 1. The van der Waals surface area contributed by atoms with Crippen molar-refractivity contribution in [3.63, 3.8) is 0 Å². The van der Waals surface area contributed by atoms with Gasteiger partial charge in [-0.1, -0.05) is 42.5 Å². The maximum atomic E-state index is 12.6. The molecule has 0 aliphatic heterocycles. The molecule has 2 aromatic carbocycles. The molecule has 0 amide bonds. The summed E-state index contributed by atoms with van der Waals surface area (Å²) in [6, 6.07) is 11.0. The third-order valence-corrected chi connectivity index (χ3v) is 5.00. The molecular formula is C19H13F3O5S. The Morgan fingerprint density at radius 2 is 1.75 bits per heavy atom. The lowest BCUT2D eigenvalue weighted by Gasteiger charge is -2.13. The summed E-state index contributed by atoms with van der Waals surface area (Å²) in [6.07, 6.45) is 4.76. The minimum absolute atomic E-state index is 0.119. The fraction of sp³-hybridized carbons (Fsp3) is 0.105. The summed E-state index contributed by atoms with van der Waals surface area (Å²) in [4.78, 5) is 10.9. The number of fused-ring (bicyclic) bond motifs is 1. The number of aromatic carboxylic acids is 1. The van der Waals surface area contributed by atoms with Gasteiger partial charge < -0.3 is 9.29 Å². The summed E-state index contributed by atoms with van der Waals surface area (Å²) < 4.78 is 64.9. The van der Waals surface area contributed by atoms with Crippen LogP contribution in [-0.4, -0.2) is 25.0 Å². The molecule has 0 radical (unpaired) electrons. The van der Waals surface area contributed by atoms with Crippen LogP contribution in [0.3, 0.4) is 0 Å². The van der Waals surface area contributed by atoms with Gasteiger partial charge in [-0.2, -0.15) is 21.6 Å². The fourth-order valence-corrected chi connectivity index (χ4v) is 3.18. The highest BCUT2D eigenvalue weighted by Crippen LogP contribution is 2.36. The Morgan fingerprint density at radius 3 is 2.36 bits per heavy atom. The first-order chi connectivity index (χ1) is 13.1. The van der Waals surface area contributed by atoms with E-state index in [0.29, 0.717) is 16.7 Å². The second kappa shape index (κ2) is 7.16. The Hall–Kier alpha value is -3.07.